The lowest BCUT2D eigenvalue weighted by Gasteiger charge is -2.35. The van der Waals surface area contributed by atoms with Gasteiger partial charge in [0.15, 0.2) is 0 Å². The van der Waals surface area contributed by atoms with Crippen LogP contribution in [-0.4, -0.2) is 54.1 Å². The minimum atomic E-state index is -0.0146. The van der Waals surface area contributed by atoms with Crippen LogP contribution in [0.4, 0.5) is 5.82 Å². The fraction of sp³-hybridized carbons (Fsp3) is 0.450. The van der Waals surface area contributed by atoms with Gasteiger partial charge in [0, 0.05) is 51.9 Å². The minimum Gasteiger partial charge on any atom is -0.383 e. The molecule has 0 spiro atoms. The van der Waals surface area contributed by atoms with Gasteiger partial charge in [0.25, 0.3) is 0 Å². The van der Waals surface area contributed by atoms with Crippen LogP contribution >= 0.6 is 0 Å². The number of piperidine rings is 1. The fourth-order valence-corrected chi connectivity index (χ4v) is 3.37. The standard InChI is InChI=1S/C20H26N4O2/c1-26-13-12-24(15-17-6-4-9-21-14-17)20(25)18-7-5-11-23(16-18)19-8-2-3-10-22-19/h2-4,6,8-10,14,18H,5,7,11-13,15-16H2,1H3/t18-/m0/s1. The molecule has 3 heterocycles. The Morgan fingerprint density at radius 3 is 2.96 bits per heavy atom. The van der Waals surface area contributed by atoms with Crippen LogP contribution in [0, 0.1) is 5.92 Å². The van der Waals surface area contributed by atoms with Gasteiger partial charge in [-0.2, -0.15) is 0 Å². The number of anilines is 1. The summed E-state index contributed by atoms with van der Waals surface area (Å²) in [5, 5.41) is 0. The van der Waals surface area contributed by atoms with Crippen molar-refractivity contribution in [2.45, 2.75) is 19.4 Å². The number of rotatable bonds is 7. The number of hydrogen-bond donors (Lipinski definition) is 0. The van der Waals surface area contributed by atoms with Gasteiger partial charge in [-0.3, -0.25) is 9.78 Å². The topological polar surface area (TPSA) is 58.6 Å². The summed E-state index contributed by atoms with van der Waals surface area (Å²) < 4.78 is 5.21. The van der Waals surface area contributed by atoms with Crippen LogP contribution in [0.25, 0.3) is 0 Å². The van der Waals surface area contributed by atoms with Crippen molar-refractivity contribution < 1.29 is 9.53 Å². The molecule has 0 radical (unpaired) electrons. The van der Waals surface area contributed by atoms with Crippen LogP contribution in [0.5, 0.6) is 0 Å². The molecule has 2 aromatic rings. The Morgan fingerprint density at radius 1 is 1.31 bits per heavy atom. The molecular weight excluding hydrogens is 328 g/mol. The quantitative estimate of drug-likeness (QED) is 0.764. The van der Waals surface area contributed by atoms with E-state index < -0.39 is 0 Å². The maximum Gasteiger partial charge on any atom is 0.227 e. The highest BCUT2D eigenvalue weighted by Crippen LogP contribution is 2.23. The summed E-state index contributed by atoms with van der Waals surface area (Å²) in [5.41, 5.74) is 1.04. The van der Waals surface area contributed by atoms with Gasteiger partial charge in [0.1, 0.15) is 5.82 Å². The van der Waals surface area contributed by atoms with E-state index in [-0.39, 0.29) is 11.8 Å². The van der Waals surface area contributed by atoms with E-state index in [9.17, 15) is 4.79 Å². The molecule has 6 heteroatoms. The normalized spacial score (nSPS) is 17.1. The Bertz CT molecular complexity index is 681. The smallest absolute Gasteiger partial charge is 0.227 e. The molecule has 0 aliphatic carbocycles. The first kappa shape index (κ1) is 18.3. The van der Waals surface area contributed by atoms with Gasteiger partial charge in [-0.1, -0.05) is 12.1 Å². The van der Waals surface area contributed by atoms with Crippen molar-refractivity contribution in [1.82, 2.24) is 14.9 Å². The fourth-order valence-electron chi connectivity index (χ4n) is 3.37. The number of carbonyl (C=O) groups excluding carboxylic acids is 1. The first-order valence-electron chi connectivity index (χ1n) is 9.10. The molecule has 138 valence electrons. The molecule has 6 nitrogen and oxygen atoms in total. The molecule has 0 saturated carbocycles. The molecule has 26 heavy (non-hydrogen) atoms. The zero-order chi connectivity index (χ0) is 18.2. The molecule has 1 fully saturated rings. The van der Waals surface area contributed by atoms with E-state index in [0.717, 1.165) is 30.8 Å². The van der Waals surface area contributed by atoms with Crippen molar-refractivity contribution in [3.05, 3.63) is 54.5 Å². The predicted octanol–water partition coefficient (Wildman–Crippen LogP) is 2.37. The lowest BCUT2D eigenvalue weighted by Crippen LogP contribution is -2.45. The van der Waals surface area contributed by atoms with Crippen molar-refractivity contribution in [2.75, 3.05) is 38.3 Å². The second-order valence-electron chi connectivity index (χ2n) is 6.59. The van der Waals surface area contributed by atoms with E-state index in [2.05, 4.69) is 14.9 Å². The number of methoxy groups -OCH3 is 1. The molecule has 0 N–H and O–H groups in total. The molecule has 0 aromatic carbocycles. The van der Waals surface area contributed by atoms with Crippen molar-refractivity contribution in [3.8, 4) is 0 Å². The van der Waals surface area contributed by atoms with Crippen LogP contribution in [0.1, 0.15) is 18.4 Å². The monoisotopic (exact) mass is 354 g/mol. The Morgan fingerprint density at radius 2 is 2.23 bits per heavy atom. The number of pyridine rings is 2. The molecular formula is C20H26N4O2. The lowest BCUT2D eigenvalue weighted by atomic mass is 9.96. The highest BCUT2D eigenvalue weighted by molar-refractivity contribution is 5.79. The van der Waals surface area contributed by atoms with E-state index >= 15 is 0 Å². The second kappa shape index (κ2) is 9.29. The van der Waals surface area contributed by atoms with Gasteiger partial charge < -0.3 is 14.5 Å². The van der Waals surface area contributed by atoms with Gasteiger partial charge in [0.05, 0.1) is 12.5 Å². The summed E-state index contributed by atoms with van der Waals surface area (Å²) in [5.74, 6) is 1.12. The van der Waals surface area contributed by atoms with Gasteiger partial charge in [-0.15, -0.1) is 0 Å². The Labute approximate surface area is 154 Å². The Kier molecular flexibility index (Phi) is 6.55. The van der Waals surface area contributed by atoms with Crippen LogP contribution in [-0.2, 0) is 16.1 Å². The third kappa shape index (κ3) is 4.79. The molecule has 2 aromatic heterocycles. The molecule has 1 saturated heterocycles. The van der Waals surface area contributed by atoms with Gasteiger partial charge >= 0.3 is 0 Å². The number of ether oxygens (including phenoxy) is 1. The highest BCUT2D eigenvalue weighted by atomic mass is 16.5. The maximum atomic E-state index is 13.2. The SMILES string of the molecule is COCCN(Cc1cccnc1)C(=O)[C@H]1CCCN(c2ccccn2)C1. The molecule has 1 aliphatic heterocycles. The number of hydrogen-bond acceptors (Lipinski definition) is 5. The summed E-state index contributed by atoms with van der Waals surface area (Å²) in [4.78, 5) is 25.9. The number of carbonyl (C=O) groups is 1. The van der Waals surface area contributed by atoms with E-state index in [4.69, 9.17) is 4.74 Å². The number of amides is 1. The molecule has 1 atom stereocenters. The minimum absolute atomic E-state index is 0.0146. The summed E-state index contributed by atoms with van der Waals surface area (Å²) in [6.07, 6.45) is 7.27. The number of nitrogens with zero attached hydrogens (tertiary/aromatic N) is 4. The number of aromatic nitrogens is 2. The van der Waals surface area contributed by atoms with Gasteiger partial charge in [-0.05, 0) is 36.6 Å². The average molecular weight is 354 g/mol. The lowest BCUT2D eigenvalue weighted by molar-refractivity contribution is -0.137. The van der Waals surface area contributed by atoms with Crippen LogP contribution in [0.3, 0.4) is 0 Å². The largest absolute Gasteiger partial charge is 0.383 e. The Hall–Kier alpha value is -2.47. The zero-order valence-corrected chi connectivity index (χ0v) is 15.3. The third-order valence-corrected chi connectivity index (χ3v) is 4.72. The summed E-state index contributed by atoms with van der Waals surface area (Å²) in [6, 6.07) is 9.81. The maximum absolute atomic E-state index is 13.2. The molecule has 0 unspecified atom stereocenters. The molecule has 3 rings (SSSR count). The summed E-state index contributed by atoms with van der Waals surface area (Å²) in [7, 11) is 1.66. The first-order chi connectivity index (χ1) is 12.8. The van der Waals surface area contributed by atoms with Crippen LogP contribution in [0.2, 0.25) is 0 Å². The van der Waals surface area contributed by atoms with Crippen LogP contribution in [0.15, 0.2) is 48.9 Å². The van der Waals surface area contributed by atoms with E-state index in [0.29, 0.717) is 26.2 Å². The summed E-state index contributed by atoms with van der Waals surface area (Å²) in [6.45, 7) is 3.34. The third-order valence-electron chi connectivity index (χ3n) is 4.72. The molecule has 0 bridgehead atoms. The zero-order valence-electron chi connectivity index (χ0n) is 15.3. The second-order valence-corrected chi connectivity index (χ2v) is 6.59. The van der Waals surface area contributed by atoms with Gasteiger partial charge in [-0.25, -0.2) is 4.98 Å². The van der Waals surface area contributed by atoms with E-state index in [1.165, 1.54) is 0 Å². The van der Waals surface area contributed by atoms with Crippen molar-refractivity contribution in [3.63, 3.8) is 0 Å². The Balaban J connectivity index is 1.68. The summed E-state index contributed by atoms with van der Waals surface area (Å²) >= 11 is 0. The molecule has 1 aliphatic rings. The van der Waals surface area contributed by atoms with Crippen molar-refractivity contribution in [2.24, 2.45) is 5.92 Å². The first-order valence-corrected chi connectivity index (χ1v) is 9.10. The average Bonchev–Trinajstić information content (AvgIpc) is 2.72. The van der Waals surface area contributed by atoms with E-state index in [1.54, 1.807) is 19.5 Å². The predicted molar refractivity (Wildman–Crippen MR) is 101 cm³/mol. The van der Waals surface area contributed by atoms with Gasteiger partial charge in [0.2, 0.25) is 5.91 Å². The van der Waals surface area contributed by atoms with Crippen molar-refractivity contribution in [1.29, 1.82) is 0 Å². The molecule has 1 amide bonds. The van der Waals surface area contributed by atoms with Crippen molar-refractivity contribution >= 4 is 11.7 Å². The van der Waals surface area contributed by atoms with Crippen LogP contribution < -0.4 is 4.90 Å². The van der Waals surface area contributed by atoms with E-state index in [1.807, 2.05) is 41.4 Å². The highest BCUT2D eigenvalue weighted by Gasteiger charge is 2.29.